The molecule has 0 bridgehead atoms. The first-order valence-electron chi connectivity index (χ1n) is 15.8. The van der Waals surface area contributed by atoms with E-state index in [0.29, 0.717) is 5.92 Å². The molecule has 0 nitrogen and oxygen atoms in total. The second-order valence-corrected chi connectivity index (χ2v) is 13.8. The fraction of sp³-hybridized carbons (Fsp3) is 0.286. The Bertz CT molecular complexity index is 1780. The van der Waals surface area contributed by atoms with Gasteiger partial charge in [0.1, 0.15) is 0 Å². The lowest BCUT2D eigenvalue weighted by Gasteiger charge is -2.23. The van der Waals surface area contributed by atoms with Crippen LogP contribution in [0.1, 0.15) is 102 Å². The van der Waals surface area contributed by atoms with E-state index in [0.717, 1.165) is 6.42 Å². The van der Waals surface area contributed by atoms with Crippen LogP contribution in [0.15, 0.2) is 103 Å². The van der Waals surface area contributed by atoms with Gasteiger partial charge in [-0.15, -0.1) is 0 Å². The zero-order valence-corrected chi connectivity index (χ0v) is 25.8. The van der Waals surface area contributed by atoms with Gasteiger partial charge in [0.2, 0.25) is 0 Å². The minimum absolute atomic E-state index is 0.165. The molecule has 0 amide bonds. The van der Waals surface area contributed by atoms with E-state index in [-0.39, 0.29) is 11.3 Å². The van der Waals surface area contributed by atoms with Crippen LogP contribution < -0.4 is 0 Å². The van der Waals surface area contributed by atoms with Crippen LogP contribution in [-0.2, 0) is 18.3 Å². The van der Waals surface area contributed by atoms with Crippen molar-refractivity contribution in [3.63, 3.8) is 0 Å². The molecule has 0 fully saturated rings. The van der Waals surface area contributed by atoms with Gasteiger partial charge in [-0.05, 0) is 116 Å². The lowest BCUT2D eigenvalue weighted by atomic mass is 9.82. The molecule has 2 aliphatic carbocycles. The highest BCUT2D eigenvalue weighted by Crippen LogP contribution is 2.49. The van der Waals surface area contributed by atoms with E-state index in [1.807, 2.05) is 0 Å². The summed E-state index contributed by atoms with van der Waals surface area (Å²) in [4.78, 5) is 0. The van der Waals surface area contributed by atoms with Crippen LogP contribution in [0.25, 0.3) is 22.3 Å². The Kier molecular flexibility index (Phi) is 6.69. The summed E-state index contributed by atoms with van der Waals surface area (Å²) in [6.07, 6.45) is 4.86. The summed E-state index contributed by atoms with van der Waals surface area (Å²) in [5.41, 5.74) is 18.5. The zero-order chi connectivity index (χ0) is 29.0. The second kappa shape index (κ2) is 10.4. The van der Waals surface area contributed by atoms with Gasteiger partial charge in [-0.2, -0.15) is 0 Å². The van der Waals surface area contributed by atoms with Gasteiger partial charge in [0.25, 0.3) is 0 Å². The Labute approximate surface area is 252 Å². The molecule has 0 heterocycles. The second-order valence-electron chi connectivity index (χ2n) is 13.8. The molecule has 0 radical (unpaired) electrons. The molecule has 0 saturated heterocycles. The molecule has 2 unspecified atom stereocenters. The van der Waals surface area contributed by atoms with Gasteiger partial charge in [-0.25, -0.2) is 0 Å². The maximum atomic E-state index is 2.50. The molecule has 0 spiro atoms. The van der Waals surface area contributed by atoms with Crippen LogP contribution in [-0.4, -0.2) is 0 Å². The number of aryl methyl sites for hydroxylation is 2. The Morgan fingerprint density at radius 3 is 2.12 bits per heavy atom. The smallest absolute Gasteiger partial charge is 0.0352 e. The summed E-state index contributed by atoms with van der Waals surface area (Å²) >= 11 is 0. The van der Waals surface area contributed by atoms with Crippen molar-refractivity contribution < 1.29 is 0 Å². The minimum atomic E-state index is 0.165. The zero-order valence-electron chi connectivity index (χ0n) is 25.8. The predicted molar refractivity (Wildman–Crippen MR) is 179 cm³/mol. The van der Waals surface area contributed by atoms with Gasteiger partial charge in [0, 0.05) is 5.92 Å². The normalized spacial score (nSPS) is 17.5. The van der Waals surface area contributed by atoms with E-state index in [1.54, 1.807) is 11.1 Å². The lowest BCUT2D eigenvalue weighted by molar-refractivity contribution is 0.589. The summed E-state index contributed by atoms with van der Waals surface area (Å²) in [5.74, 6) is 0.936. The molecule has 7 rings (SSSR count). The Morgan fingerprint density at radius 2 is 1.36 bits per heavy atom. The molecule has 0 N–H and O–H groups in total. The summed E-state index contributed by atoms with van der Waals surface area (Å²) in [6, 6.07) is 39.8. The van der Waals surface area contributed by atoms with Gasteiger partial charge in [-0.1, -0.05) is 131 Å². The fourth-order valence-electron chi connectivity index (χ4n) is 7.50. The third-order valence-electron chi connectivity index (χ3n) is 9.87. The van der Waals surface area contributed by atoms with E-state index >= 15 is 0 Å². The number of fused-ring (bicyclic) bond motifs is 4. The molecule has 2 atom stereocenters. The molecule has 0 aromatic heterocycles. The van der Waals surface area contributed by atoms with Crippen LogP contribution in [0.3, 0.4) is 0 Å². The monoisotopic (exact) mass is 546 g/mol. The van der Waals surface area contributed by atoms with Crippen molar-refractivity contribution in [3.05, 3.63) is 153 Å². The SMILES string of the molecule is Cc1cc(C2c3ccccc3-c3ccc(Cc4ccc5c(c4)C(C)CCC5)cc32)ccc1-c1ccc(C(C)(C)C)cc1. The van der Waals surface area contributed by atoms with Crippen molar-refractivity contribution in [2.24, 2.45) is 0 Å². The van der Waals surface area contributed by atoms with Crippen LogP contribution in [0.2, 0.25) is 0 Å². The minimum Gasteiger partial charge on any atom is -0.0619 e. The first-order chi connectivity index (χ1) is 20.3. The quantitative estimate of drug-likeness (QED) is 0.206. The van der Waals surface area contributed by atoms with Crippen molar-refractivity contribution in [2.45, 2.75) is 77.6 Å². The van der Waals surface area contributed by atoms with E-state index < -0.39 is 0 Å². The standard InChI is InChI=1S/C42H42/c1-27-9-8-10-31-15-13-29(25-39(27)31)24-30-14-21-37-36-11-6-7-12-38(36)41(40(37)26-30)33-18-22-35(28(2)23-33)32-16-19-34(20-17-32)42(3,4)5/h6-7,11-23,25-27,41H,8-10,24H2,1-5H3. The van der Waals surface area contributed by atoms with Crippen LogP contribution in [0.5, 0.6) is 0 Å². The van der Waals surface area contributed by atoms with Crippen molar-refractivity contribution in [1.82, 2.24) is 0 Å². The highest BCUT2D eigenvalue weighted by atomic mass is 14.3. The third-order valence-corrected chi connectivity index (χ3v) is 9.87. The molecule has 5 aromatic rings. The van der Waals surface area contributed by atoms with Crippen LogP contribution in [0, 0.1) is 6.92 Å². The molecular weight excluding hydrogens is 504 g/mol. The average Bonchev–Trinajstić information content (AvgIpc) is 3.31. The lowest BCUT2D eigenvalue weighted by Crippen LogP contribution is -2.10. The van der Waals surface area contributed by atoms with E-state index in [2.05, 4.69) is 138 Å². The highest BCUT2D eigenvalue weighted by Gasteiger charge is 2.30. The topological polar surface area (TPSA) is 0 Å². The average molecular weight is 547 g/mol. The molecular formula is C42H42. The first kappa shape index (κ1) is 27.0. The summed E-state index contributed by atoms with van der Waals surface area (Å²) < 4.78 is 0. The van der Waals surface area contributed by atoms with Gasteiger partial charge in [0.05, 0.1) is 0 Å². The fourth-order valence-corrected chi connectivity index (χ4v) is 7.50. The van der Waals surface area contributed by atoms with Gasteiger partial charge in [-0.3, -0.25) is 0 Å². The van der Waals surface area contributed by atoms with E-state index in [4.69, 9.17) is 0 Å². The first-order valence-corrected chi connectivity index (χ1v) is 15.8. The van der Waals surface area contributed by atoms with Crippen molar-refractivity contribution in [3.8, 4) is 22.3 Å². The summed E-state index contributed by atoms with van der Waals surface area (Å²) in [7, 11) is 0. The molecule has 0 saturated carbocycles. The summed E-state index contributed by atoms with van der Waals surface area (Å²) in [5, 5.41) is 0. The Balaban J connectivity index is 1.24. The maximum absolute atomic E-state index is 2.50. The number of hydrogen-bond acceptors (Lipinski definition) is 0. The molecule has 210 valence electrons. The van der Waals surface area contributed by atoms with Crippen molar-refractivity contribution in [2.75, 3.05) is 0 Å². The Hall–Kier alpha value is -3.90. The van der Waals surface area contributed by atoms with Crippen molar-refractivity contribution >= 4 is 0 Å². The molecule has 0 heteroatoms. The van der Waals surface area contributed by atoms with Crippen LogP contribution in [0.4, 0.5) is 0 Å². The largest absolute Gasteiger partial charge is 0.0619 e. The molecule has 42 heavy (non-hydrogen) atoms. The summed E-state index contributed by atoms with van der Waals surface area (Å²) in [6.45, 7) is 11.5. The van der Waals surface area contributed by atoms with Gasteiger partial charge >= 0.3 is 0 Å². The van der Waals surface area contributed by atoms with Crippen LogP contribution >= 0.6 is 0 Å². The number of hydrogen-bond donors (Lipinski definition) is 0. The van der Waals surface area contributed by atoms with Gasteiger partial charge < -0.3 is 0 Å². The van der Waals surface area contributed by atoms with E-state index in [1.165, 1.54) is 80.5 Å². The predicted octanol–water partition coefficient (Wildman–Crippen LogP) is 11.2. The molecule has 2 aliphatic rings. The molecule has 5 aromatic carbocycles. The third kappa shape index (κ3) is 4.82. The number of rotatable bonds is 4. The Morgan fingerprint density at radius 1 is 0.667 bits per heavy atom. The molecule has 0 aliphatic heterocycles. The maximum Gasteiger partial charge on any atom is 0.0352 e. The van der Waals surface area contributed by atoms with E-state index in [9.17, 15) is 0 Å². The van der Waals surface area contributed by atoms with Gasteiger partial charge in [0.15, 0.2) is 0 Å². The highest BCUT2D eigenvalue weighted by molar-refractivity contribution is 5.81. The van der Waals surface area contributed by atoms with Crippen molar-refractivity contribution in [1.29, 1.82) is 0 Å². The number of benzene rings is 5.